The largest absolute Gasteiger partial charge is 0.387 e. The molecule has 0 rings (SSSR count). The van der Waals surface area contributed by atoms with Gasteiger partial charge in [-0.25, -0.2) is 0 Å². The highest BCUT2D eigenvalue weighted by Gasteiger charge is 2.11. The van der Waals surface area contributed by atoms with Crippen molar-refractivity contribution in [3.63, 3.8) is 0 Å². The van der Waals surface area contributed by atoms with Gasteiger partial charge < -0.3 is 10.8 Å². The van der Waals surface area contributed by atoms with E-state index in [4.69, 9.17) is 0 Å². The number of hydrogen-bond acceptors (Lipinski definition) is 1. The zero-order valence-electron chi connectivity index (χ0n) is 14.2. The maximum Gasteiger partial charge on any atom is 0.108 e. The maximum absolute atomic E-state index is 9.64. The molecule has 4 N–H and O–H groups in total. The number of unbranched alkanes of at least 4 members (excludes halogenated alkanes) is 12. The van der Waals surface area contributed by atoms with E-state index in [0.29, 0.717) is 0 Å². The molecule has 0 aliphatic rings. The van der Waals surface area contributed by atoms with E-state index in [1.54, 1.807) is 0 Å². The van der Waals surface area contributed by atoms with Crippen molar-refractivity contribution in [2.45, 2.75) is 116 Å². The molecule has 2 atom stereocenters. The van der Waals surface area contributed by atoms with Crippen LogP contribution < -0.4 is 5.73 Å². The summed E-state index contributed by atoms with van der Waals surface area (Å²) >= 11 is 0. The van der Waals surface area contributed by atoms with Crippen LogP contribution in [0.4, 0.5) is 0 Å². The molecule has 0 aromatic heterocycles. The lowest BCUT2D eigenvalue weighted by Gasteiger charge is -2.11. The SMILES string of the molecule is CCCCCCCCCCCCCCC[C@@H](O)[C@H](C)[NH3+]. The van der Waals surface area contributed by atoms with Crippen LogP contribution in [0.2, 0.25) is 0 Å². The maximum atomic E-state index is 9.64. The Labute approximate surface area is 127 Å². The van der Waals surface area contributed by atoms with Crippen LogP contribution in [0.3, 0.4) is 0 Å². The summed E-state index contributed by atoms with van der Waals surface area (Å²) in [6.45, 7) is 4.27. The Kier molecular flexibility index (Phi) is 15.3. The van der Waals surface area contributed by atoms with E-state index in [1.165, 1.54) is 83.5 Å². The molecule has 2 nitrogen and oxygen atoms in total. The molecule has 20 heavy (non-hydrogen) atoms. The Morgan fingerprint density at radius 1 is 0.700 bits per heavy atom. The fourth-order valence-corrected chi connectivity index (χ4v) is 2.66. The zero-order valence-corrected chi connectivity index (χ0v) is 14.2. The van der Waals surface area contributed by atoms with Crippen molar-refractivity contribution < 1.29 is 10.8 Å². The van der Waals surface area contributed by atoms with Gasteiger partial charge in [-0.05, 0) is 13.3 Å². The third kappa shape index (κ3) is 14.3. The molecule has 2 heteroatoms. The van der Waals surface area contributed by atoms with Gasteiger partial charge in [0.05, 0.1) is 0 Å². The first-order chi connectivity index (χ1) is 9.68. The van der Waals surface area contributed by atoms with Gasteiger partial charge in [0.1, 0.15) is 12.1 Å². The van der Waals surface area contributed by atoms with Crippen molar-refractivity contribution in [3.05, 3.63) is 0 Å². The van der Waals surface area contributed by atoms with E-state index in [1.807, 2.05) is 6.92 Å². The Balaban J connectivity index is 3.03. The fraction of sp³-hybridized carbons (Fsp3) is 1.00. The summed E-state index contributed by atoms with van der Waals surface area (Å²) in [4.78, 5) is 0. The topological polar surface area (TPSA) is 47.9 Å². The van der Waals surface area contributed by atoms with E-state index < -0.39 is 0 Å². The Bertz CT molecular complexity index is 182. The van der Waals surface area contributed by atoms with Crippen molar-refractivity contribution >= 4 is 0 Å². The van der Waals surface area contributed by atoms with Crippen LogP contribution in [-0.2, 0) is 0 Å². The highest BCUT2D eigenvalue weighted by atomic mass is 16.3. The standard InChI is InChI=1S/C18H39NO/c1-3-4-5-6-7-8-9-10-11-12-13-14-15-16-18(20)17(2)19/h17-18,20H,3-16,19H2,1-2H3/p+1/t17-,18+/m0/s1. The molecule has 0 fully saturated rings. The number of quaternary nitrogens is 1. The second-order valence-corrected chi connectivity index (χ2v) is 6.58. The predicted octanol–water partition coefficient (Wildman–Crippen LogP) is 4.46. The summed E-state index contributed by atoms with van der Waals surface area (Å²) in [6.07, 6.45) is 18.7. The van der Waals surface area contributed by atoms with Crippen LogP contribution in [0.25, 0.3) is 0 Å². The number of hydrogen-bond donors (Lipinski definition) is 2. The molecule has 0 aromatic rings. The van der Waals surface area contributed by atoms with Crippen LogP contribution in [0, 0.1) is 0 Å². The summed E-state index contributed by atoms with van der Waals surface area (Å²) in [5.41, 5.74) is 3.87. The molecular formula is C18H40NO+. The van der Waals surface area contributed by atoms with E-state index in [0.717, 1.165) is 6.42 Å². The van der Waals surface area contributed by atoms with Gasteiger partial charge in [0.2, 0.25) is 0 Å². The van der Waals surface area contributed by atoms with Crippen molar-refractivity contribution in [2.24, 2.45) is 0 Å². The van der Waals surface area contributed by atoms with Crippen molar-refractivity contribution in [1.82, 2.24) is 0 Å². The predicted molar refractivity (Wildman–Crippen MR) is 88.7 cm³/mol. The van der Waals surface area contributed by atoms with E-state index >= 15 is 0 Å². The average molecular weight is 287 g/mol. The molecule has 0 bridgehead atoms. The second-order valence-electron chi connectivity index (χ2n) is 6.58. The van der Waals surface area contributed by atoms with Crippen molar-refractivity contribution in [1.29, 1.82) is 0 Å². The van der Waals surface area contributed by atoms with Crippen LogP contribution in [0.5, 0.6) is 0 Å². The molecule has 0 spiro atoms. The van der Waals surface area contributed by atoms with Gasteiger partial charge >= 0.3 is 0 Å². The van der Waals surface area contributed by atoms with Crippen molar-refractivity contribution in [3.8, 4) is 0 Å². The number of aliphatic hydroxyl groups excluding tert-OH is 1. The van der Waals surface area contributed by atoms with E-state index in [9.17, 15) is 5.11 Å². The lowest BCUT2D eigenvalue weighted by atomic mass is 10.0. The lowest BCUT2D eigenvalue weighted by Crippen LogP contribution is -2.64. The minimum Gasteiger partial charge on any atom is -0.387 e. The first-order valence-electron chi connectivity index (χ1n) is 9.19. The zero-order chi connectivity index (χ0) is 15.1. The van der Waals surface area contributed by atoms with E-state index in [-0.39, 0.29) is 12.1 Å². The molecule has 0 radical (unpaired) electrons. The third-order valence-corrected chi connectivity index (χ3v) is 4.26. The Morgan fingerprint density at radius 2 is 1.05 bits per heavy atom. The quantitative estimate of drug-likeness (QED) is 0.429. The van der Waals surface area contributed by atoms with Crippen LogP contribution >= 0.6 is 0 Å². The average Bonchev–Trinajstić information content (AvgIpc) is 2.43. The summed E-state index contributed by atoms with van der Waals surface area (Å²) in [5.74, 6) is 0. The summed E-state index contributed by atoms with van der Waals surface area (Å²) in [5, 5.41) is 9.64. The number of rotatable bonds is 15. The molecule has 0 heterocycles. The van der Waals surface area contributed by atoms with Gasteiger partial charge in [-0.1, -0.05) is 90.4 Å². The minimum absolute atomic E-state index is 0.173. The highest BCUT2D eigenvalue weighted by molar-refractivity contribution is 4.60. The van der Waals surface area contributed by atoms with Gasteiger partial charge in [-0.3, -0.25) is 0 Å². The molecular weight excluding hydrogens is 246 g/mol. The van der Waals surface area contributed by atoms with Gasteiger partial charge in [-0.2, -0.15) is 0 Å². The highest BCUT2D eigenvalue weighted by Crippen LogP contribution is 2.13. The molecule has 0 unspecified atom stereocenters. The molecule has 0 aliphatic carbocycles. The van der Waals surface area contributed by atoms with Crippen molar-refractivity contribution in [2.75, 3.05) is 0 Å². The molecule has 0 aromatic carbocycles. The first kappa shape index (κ1) is 19.9. The van der Waals surface area contributed by atoms with Crippen LogP contribution in [-0.4, -0.2) is 17.3 Å². The summed E-state index contributed by atoms with van der Waals surface area (Å²) in [6, 6.07) is 0.173. The fourth-order valence-electron chi connectivity index (χ4n) is 2.66. The summed E-state index contributed by atoms with van der Waals surface area (Å²) in [7, 11) is 0. The van der Waals surface area contributed by atoms with Crippen LogP contribution in [0.15, 0.2) is 0 Å². The minimum atomic E-state index is -0.192. The monoisotopic (exact) mass is 286 g/mol. The lowest BCUT2D eigenvalue weighted by molar-refractivity contribution is -0.432. The van der Waals surface area contributed by atoms with Gasteiger partial charge in [-0.15, -0.1) is 0 Å². The third-order valence-electron chi connectivity index (χ3n) is 4.26. The van der Waals surface area contributed by atoms with Gasteiger partial charge in [0, 0.05) is 0 Å². The molecule has 122 valence electrons. The smallest absolute Gasteiger partial charge is 0.108 e. The molecule has 0 aliphatic heterocycles. The van der Waals surface area contributed by atoms with Crippen LogP contribution in [0.1, 0.15) is 104 Å². The van der Waals surface area contributed by atoms with E-state index in [2.05, 4.69) is 12.7 Å². The number of aliphatic hydroxyl groups is 1. The first-order valence-corrected chi connectivity index (χ1v) is 9.19. The van der Waals surface area contributed by atoms with Gasteiger partial charge in [0.25, 0.3) is 0 Å². The summed E-state index contributed by atoms with van der Waals surface area (Å²) < 4.78 is 0. The normalized spacial score (nSPS) is 14.4. The van der Waals surface area contributed by atoms with Gasteiger partial charge in [0.15, 0.2) is 0 Å². The molecule has 0 saturated heterocycles. The molecule has 0 amide bonds. The Morgan fingerprint density at radius 3 is 1.40 bits per heavy atom. The molecule has 0 saturated carbocycles. The Hall–Kier alpha value is -0.0800. The second kappa shape index (κ2) is 15.3.